The highest BCUT2D eigenvalue weighted by Gasteiger charge is 2.05. The molecule has 0 radical (unpaired) electrons. The molecule has 0 N–H and O–H groups in total. The molecule has 4 heteroatoms. The summed E-state index contributed by atoms with van der Waals surface area (Å²) in [4.78, 5) is 0. The fourth-order valence-corrected chi connectivity index (χ4v) is 1.81. The molecule has 2 rings (SSSR count). The van der Waals surface area contributed by atoms with Crippen LogP contribution in [0.1, 0.15) is 0 Å². The summed E-state index contributed by atoms with van der Waals surface area (Å²) >= 11 is 11.0. The Morgan fingerprint density at radius 1 is 0.889 bits per heavy atom. The van der Waals surface area contributed by atoms with Gasteiger partial charge in [-0.1, -0.05) is 48.5 Å². The van der Waals surface area contributed by atoms with Crippen LogP contribution in [0.15, 0.2) is 54.6 Å². The summed E-state index contributed by atoms with van der Waals surface area (Å²) in [5.74, 6) is 0.832. The van der Waals surface area contributed by atoms with Crippen molar-refractivity contribution in [1.29, 1.82) is 0 Å². The largest absolute Gasteiger partial charge is 0.492 e. The van der Waals surface area contributed by atoms with Crippen LogP contribution < -0.4 is 4.74 Å². The van der Waals surface area contributed by atoms with E-state index in [0.717, 1.165) is 20.8 Å². The summed E-state index contributed by atoms with van der Waals surface area (Å²) in [6, 6.07) is 18.0. The lowest BCUT2D eigenvalue weighted by atomic mass is 10.1. The molecule has 0 atom stereocenters. The van der Waals surface area contributed by atoms with Crippen molar-refractivity contribution in [3.8, 4) is 16.9 Å². The Balaban J connectivity index is 2.16. The van der Waals surface area contributed by atoms with Gasteiger partial charge in [0.05, 0.1) is 6.54 Å². The molecule has 0 spiro atoms. The Kier molecular flexibility index (Phi) is 4.88. The van der Waals surface area contributed by atoms with Crippen molar-refractivity contribution in [3.63, 3.8) is 0 Å². The molecular formula is C14H13Cl2NO. The summed E-state index contributed by atoms with van der Waals surface area (Å²) < 4.78 is 6.75. The molecule has 94 valence electrons. The summed E-state index contributed by atoms with van der Waals surface area (Å²) in [7, 11) is 0. The monoisotopic (exact) mass is 281 g/mol. The van der Waals surface area contributed by atoms with Crippen molar-refractivity contribution >= 4 is 23.6 Å². The topological polar surface area (TPSA) is 12.5 Å². The predicted molar refractivity (Wildman–Crippen MR) is 75.8 cm³/mol. The van der Waals surface area contributed by atoms with Gasteiger partial charge in [0.2, 0.25) is 0 Å². The Morgan fingerprint density at radius 2 is 1.56 bits per heavy atom. The van der Waals surface area contributed by atoms with E-state index in [1.54, 1.807) is 0 Å². The average Bonchev–Trinajstić information content (AvgIpc) is 2.40. The Labute approximate surface area is 117 Å². The van der Waals surface area contributed by atoms with Crippen LogP contribution in [0.25, 0.3) is 11.1 Å². The highest BCUT2D eigenvalue weighted by Crippen LogP contribution is 2.29. The molecule has 0 unspecified atom stereocenters. The van der Waals surface area contributed by atoms with E-state index in [2.05, 4.69) is 12.1 Å². The number of nitrogens with zero attached hydrogens (tertiary/aromatic N) is 1. The lowest BCUT2D eigenvalue weighted by Gasteiger charge is -2.12. The van der Waals surface area contributed by atoms with E-state index in [0.29, 0.717) is 13.2 Å². The minimum Gasteiger partial charge on any atom is -0.492 e. The Bertz CT molecular complexity index is 488. The highest BCUT2D eigenvalue weighted by molar-refractivity contribution is 6.33. The maximum absolute atomic E-state index is 5.69. The zero-order valence-corrected chi connectivity index (χ0v) is 11.2. The van der Waals surface area contributed by atoms with Gasteiger partial charge in [0.15, 0.2) is 0 Å². The van der Waals surface area contributed by atoms with Gasteiger partial charge in [-0.05, 0) is 35.2 Å². The Hall–Kier alpha value is -1.22. The van der Waals surface area contributed by atoms with Crippen molar-refractivity contribution in [1.82, 2.24) is 3.94 Å². The highest BCUT2D eigenvalue weighted by atomic mass is 35.5. The lowest BCUT2D eigenvalue weighted by Crippen LogP contribution is -2.11. The summed E-state index contributed by atoms with van der Waals surface area (Å²) in [5, 5.41) is 0. The Morgan fingerprint density at radius 3 is 2.28 bits per heavy atom. The van der Waals surface area contributed by atoms with Gasteiger partial charge >= 0.3 is 0 Å². The van der Waals surface area contributed by atoms with Crippen LogP contribution in [0.3, 0.4) is 0 Å². The minimum absolute atomic E-state index is 0.441. The van der Waals surface area contributed by atoms with Gasteiger partial charge in [-0.2, -0.15) is 0 Å². The molecule has 0 aliphatic rings. The quantitative estimate of drug-likeness (QED) is 0.756. The van der Waals surface area contributed by atoms with Crippen LogP contribution >= 0.6 is 23.6 Å². The zero-order chi connectivity index (χ0) is 12.8. The zero-order valence-electron chi connectivity index (χ0n) is 9.72. The molecule has 2 aromatic carbocycles. The minimum atomic E-state index is 0.441. The summed E-state index contributed by atoms with van der Waals surface area (Å²) in [6.45, 7) is 0.892. The van der Waals surface area contributed by atoms with Gasteiger partial charge in [-0.25, -0.2) is 0 Å². The van der Waals surface area contributed by atoms with Crippen molar-refractivity contribution < 1.29 is 4.74 Å². The second kappa shape index (κ2) is 6.64. The molecule has 0 saturated carbocycles. The maximum atomic E-state index is 5.69. The second-order valence-electron chi connectivity index (χ2n) is 3.74. The normalized spacial score (nSPS) is 10.6. The number of hydrogen-bond acceptors (Lipinski definition) is 2. The third-order valence-corrected chi connectivity index (χ3v) is 2.83. The number of rotatable bonds is 5. The molecule has 2 aromatic rings. The molecule has 2 nitrogen and oxygen atoms in total. The second-order valence-corrected chi connectivity index (χ2v) is 4.73. The summed E-state index contributed by atoms with van der Waals surface area (Å²) in [6.07, 6.45) is 0. The van der Waals surface area contributed by atoms with Gasteiger partial charge in [0, 0.05) is 5.56 Å². The molecule has 0 aromatic heterocycles. The molecule has 18 heavy (non-hydrogen) atoms. The van der Waals surface area contributed by atoms with Gasteiger partial charge in [0.25, 0.3) is 0 Å². The third-order valence-electron chi connectivity index (χ3n) is 2.49. The molecule has 0 fully saturated rings. The number of benzene rings is 2. The number of hydrogen-bond donors (Lipinski definition) is 0. The molecule has 0 bridgehead atoms. The first-order chi connectivity index (χ1) is 8.77. The number of halogens is 2. The van der Waals surface area contributed by atoms with E-state index in [9.17, 15) is 0 Å². The maximum Gasteiger partial charge on any atom is 0.127 e. The third kappa shape index (κ3) is 3.64. The predicted octanol–water partition coefficient (Wildman–Crippen LogP) is 4.34. The first kappa shape index (κ1) is 13.2. The number of ether oxygens (including phenoxy) is 1. The molecule has 0 amide bonds. The first-order valence-corrected chi connectivity index (χ1v) is 6.31. The van der Waals surface area contributed by atoms with Crippen LogP contribution in [0.4, 0.5) is 0 Å². The van der Waals surface area contributed by atoms with Crippen molar-refractivity contribution in [3.05, 3.63) is 54.6 Å². The standard InChI is InChI=1S/C14H13Cl2NO/c15-17(16)10-11-18-14-9-5-4-8-13(14)12-6-2-1-3-7-12/h1-9H,10-11H2. The van der Waals surface area contributed by atoms with Crippen LogP contribution in [0, 0.1) is 0 Å². The van der Waals surface area contributed by atoms with E-state index in [4.69, 9.17) is 28.3 Å². The SMILES string of the molecule is ClN(Cl)CCOc1ccccc1-c1ccccc1. The molecule has 0 heterocycles. The van der Waals surface area contributed by atoms with Crippen LogP contribution in [0.2, 0.25) is 0 Å². The average molecular weight is 282 g/mol. The van der Waals surface area contributed by atoms with E-state index < -0.39 is 0 Å². The lowest BCUT2D eigenvalue weighted by molar-refractivity contribution is 0.308. The first-order valence-electron chi connectivity index (χ1n) is 5.64. The van der Waals surface area contributed by atoms with Crippen molar-refractivity contribution in [2.45, 2.75) is 0 Å². The van der Waals surface area contributed by atoms with Crippen LogP contribution in [-0.4, -0.2) is 17.1 Å². The van der Waals surface area contributed by atoms with E-state index in [1.165, 1.54) is 0 Å². The molecule has 0 aliphatic heterocycles. The van der Waals surface area contributed by atoms with Crippen molar-refractivity contribution in [2.24, 2.45) is 0 Å². The molecular weight excluding hydrogens is 269 g/mol. The van der Waals surface area contributed by atoms with E-state index >= 15 is 0 Å². The van der Waals surface area contributed by atoms with E-state index in [-0.39, 0.29) is 0 Å². The van der Waals surface area contributed by atoms with Crippen molar-refractivity contribution in [2.75, 3.05) is 13.2 Å². The molecule has 0 saturated heterocycles. The van der Waals surface area contributed by atoms with Gasteiger partial charge in [-0.3, -0.25) is 0 Å². The van der Waals surface area contributed by atoms with Gasteiger partial charge < -0.3 is 4.74 Å². The van der Waals surface area contributed by atoms with Crippen LogP contribution in [0.5, 0.6) is 5.75 Å². The fraction of sp³-hybridized carbons (Fsp3) is 0.143. The smallest absolute Gasteiger partial charge is 0.127 e. The number of para-hydroxylation sites is 1. The van der Waals surface area contributed by atoms with Gasteiger partial charge in [0.1, 0.15) is 12.4 Å². The molecule has 0 aliphatic carbocycles. The van der Waals surface area contributed by atoms with Crippen LogP contribution in [-0.2, 0) is 0 Å². The van der Waals surface area contributed by atoms with E-state index in [1.807, 2.05) is 42.5 Å². The summed E-state index contributed by atoms with van der Waals surface area (Å²) in [5.41, 5.74) is 2.19. The van der Waals surface area contributed by atoms with Gasteiger partial charge in [-0.15, -0.1) is 3.94 Å². The fourth-order valence-electron chi connectivity index (χ4n) is 1.67.